The zero-order chi connectivity index (χ0) is 26.6. The highest BCUT2D eigenvalue weighted by molar-refractivity contribution is 6.11. The van der Waals surface area contributed by atoms with Gasteiger partial charge in [0, 0.05) is 20.0 Å². The Morgan fingerprint density at radius 3 is 2.51 bits per heavy atom. The summed E-state index contributed by atoms with van der Waals surface area (Å²) in [6, 6.07) is 13.1. The van der Waals surface area contributed by atoms with Gasteiger partial charge in [-0.2, -0.15) is 0 Å². The van der Waals surface area contributed by atoms with Crippen LogP contribution in [0.25, 0.3) is 32.6 Å². The number of pyridine rings is 1. The molecule has 2 atom stereocenters. The SMILES string of the molecule is COc1cc2c(c3c1c(=O)c1c4ccccc4ccc1n3C)[C@@H](OC(C)=O)[C@@H](OC(=O)CN)C(C)(C)O2. The maximum absolute atomic E-state index is 14.1. The van der Waals surface area contributed by atoms with Gasteiger partial charge < -0.3 is 29.2 Å². The molecule has 0 bridgehead atoms. The summed E-state index contributed by atoms with van der Waals surface area (Å²) in [6.07, 6.45) is -2.09. The van der Waals surface area contributed by atoms with Gasteiger partial charge in [-0.1, -0.05) is 30.3 Å². The van der Waals surface area contributed by atoms with Crippen LogP contribution in [0.2, 0.25) is 0 Å². The molecular weight excluding hydrogens is 476 g/mol. The third-order valence-corrected chi connectivity index (χ3v) is 6.88. The predicted molar refractivity (Wildman–Crippen MR) is 139 cm³/mol. The first-order chi connectivity index (χ1) is 17.6. The number of aromatic nitrogens is 1. The number of aryl methyl sites for hydroxylation is 1. The Labute approximate surface area is 212 Å². The molecule has 0 fully saturated rings. The predicted octanol–water partition coefficient (Wildman–Crippen LogP) is 3.50. The van der Waals surface area contributed by atoms with E-state index >= 15 is 0 Å². The number of nitrogens with two attached hydrogens (primary N) is 1. The van der Waals surface area contributed by atoms with Crippen LogP contribution in [-0.2, 0) is 26.1 Å². The van der Waals surface area contributed by atoms with Crippen molar-refractivity contribution in [2.24, 2.45) is 12.8 Å². The van der Waals surface area contributed by atoms with Crippen molar-refractivity contribution < 1.29 is 28.5 Å². The van der Waals surface area contributed by atoms with Crippen LogP contribution in [0.3, 0.4) is 0 Å². The van der Waals surface area contributed by atoms with Crippen LogP contribution >= 0.6 is 0 Å². The standard InChI is InChI=1S/C28H28N2O7/c1-14(31)35-26-23-19(37-28(2,3)27(26)36-20(32)13-29)12-18(34-5)22-24(23)30(4)17-11-10-15-8-6-7-9-16(15)21(17)25(22)33/h6-12,26-27H,13,29H2,1-5H3/t26-,27-/m1/s1. The maximum Gasteiger partial charge on any atom is 0.320 e. The Morgan fingerprint density at radius 1 is 1.11 bits per heavy atom. The zero-order valence-corrected chi connectivity index (χ0v) is 21.3. The summed E-state index contributed by atoms with van der Waals surface area (Å²) in [5, 5.41) is 2.58. The number of carbonyl (C=O) groups excluding carboxylic acids is 2. The first kappa shape index (κ1) is 24.6. The highest BCUT2D eigenvalue weighted by Crippen LogP contribution is 2.49. The molecule has 9 heteroatoms. The Morgan fingerprint density at radius 2 is 1.84 bits per heavy atom. The number of hydrogen-bond donors (Lipinski definition) is 1. The van der Waals surface area contributed by atoms with Crippen molar-refractivity contribution >= 4 is 44.5 Å². The van der Waals surface area contributed by atoms with Crippen LogP contribution in [0.4, 0.5) is 0 Å². The molecule has 0 amide bonds. The molecule has 4 aromatic rings. The zero-order valence-electron chi connectivity index (χ0n) is 21.3. The number of ether oxygens (including phenoxy) is 4. The lowest BCUT2D eigenvalue weighted by Gasteiger charge is -2.43. The van der Waals surface area contributed by atoms with Crippen molar-refractivity contribution in [2.75, 3.05) is 13.7 Å². The molecule has 0 aliphatic carbocycles. The lowest BCUT2D eigenvalue weighted by atomic mass is 9.86. The van der Waals surface area contributed by atoms with Crippen LogP contribution in [0.5, 0.6) is 11.5 Å². The van der Waals surface area contributed by atoms with E-state index in [0.29, 0.717) is 38.9 Å². The molecule has 0 saturated heterocycles. The third-order valence-electron chi connectivity index (χ3n) is 6.88. The van der Waals surface area contributed by atoms with E-state index in [-0.39, 0.29) is 12.0 Å². The second-order valence-corrected chi connectivity index (χ2v) is 9.63. The van der Waals surface area contributed by atoms with Gasteiger partial charge in [0.05, 0.1) is 41.0 Å². The van der Waals surface area contributed by atoms with Gasteiger partial charge in [0.1, 0.15) is 17.1 Å². The quantitative estimate of drug-likeness (QED) is 0.255. The van der Waals surface area contributed by atoms with Gasteiger partial charge in [-0.05, 0) is 30.7 Å². The van der Waals surface area contributed by atoms with Crippen LogP contribution < -0.4 is 20.6 Å². The average Bonchev–Trinajstić information content (AvgIpc) is 2.86. The van der Waals surface area contributed by atoms with Crippen LogP contribution in [0, 0.1) is 0 Å². The number of nitrogens with zero attached hydrogens (tertiary/aromatic N) is 1. The highest BCUT2D eigenvalue weighted by atomic mass is 16.6. The Hall–Kier alpha value is -4.11. The normalized spacial score (nSPS) is 18.3. The minimum atomic E-state index is -1.09. The molecule has 2 N–H and O–H groups in total. The maximum atomic E-state index is 14.1. The molecule has 0 unspecified atom stereocenters. The number of esters is 2. The van der Waals surface area contributed by atoms with E-state index in [1.165, 1.54) is 14.0 Å². The Bertz CT molecular complexity index is 1650. The number of fused-ring (bicyclic) bond motifs is 6. The van der Waals surface area contributed by atoms with Crippen LogP contribution in [0.15, 0.2) is 47.3 Å². The molecule has 37 heavy (non-hydrogen) atoms. The van der Waals surface area contributed by atoms with Gasteiger partial charge in [-0.25, -0.2) is 0 Å². The minimum absolute atomic E-state index is 0.235. The molecule has 0 radical (unpaired) electrons. The van der Waals surface area contributed by atoms with E-state index in [1.807, 2.05) is 48.0 Å². The lowest BCUT2D eigenvalue weighted by Crippen LogP contribution is -2.52. The van der Waals surface area contributed by atoms with Crippen molar-refractivity contribution in [3.8, 4) is 11.5 Å². The van der Waals surface area contributed by atoms with Crippen molar-refractivity contribution in [1.82, 2.24) is 4.57 Å². The number of hydrogen-bond acceptors (Lipinski definition) is 8. The second-order valence-electron chi connectivity index (χ2n) is 9.63. The molecule has 3 aromatic carbocycles. The van der Waals surface area contributed by atoms with Gasteiger partial charge in [-0.3, -0.25) is 14.4 Å². The summed E-state index contributed by atoms with van der Waals surface area (Å²) in [6.45, 7) is 4.37. The van der Waals surface area contributed by atoms with E-state index in [9.17, 15) is 14.4 Å². The number of benzene rings is 3. The molecule has 9 nitrogen and oxygen atoms in total. The average molecular weight is 505 g/mol. The van der Waals surface area contributed by atoms with Crippen molar-refractivity contribution in [3.05, 3.63) is 58.3 Å². The Kier molecular flexibility index (Phi) is 5.83. The molecule has 1 aliphatic heterocycles. The Balaban J connectivity index is 1.95. The minimum Gasteiger partial charge on any atom is -0.496 e. The second kappa shape index (κ2) is 8.77. The van der Waals surface area contributed by atoms with Gasteiger partial charge in [0.15, 0.2) is 12.2 Å². The lowest BCUT2D eigenvalue weighted by molar-refractivity contribution is -0.188. The first-order valence-electron chi connectivity index (χ1n) is 11.9. The van der Waals surface area contributed by atoms with E-state index in [1.54, 1.807) is 19.9 Å². The summed E-state index contributed by atoms with van der Waals surface area (Å²) in [5.74, 6) is -0.580. The van der Waals surface area contributed by atoms with E-state index in [4.69, 9.17) is 24.7 Å². The summed E-state index contributed by atoms with van der Waals surface area (Å²) in [5.41, 5.74) is 5.73. The summed E-state index contributed by atoms with van der Waals surface area (Å²) in [7, 11) is 3.31. The molecule has 5 rings (SSSR count). The van der Waals surface area contributed by atoms with E-state index in [2.05, 4.69) is 0 Å². The van der Waals surface area contributed by atoms with Gasteiger partial charge >= 0.3 is 11.9 Å². The molecular formula is C28H28N2O7. The fraction of sp³-hybridized carbons (Fsp3) is 0.321. The molecule has 192 valence electrons. The number of carbonyl (C=O) groups is 2. The smallest absolute Gasteiger partial charge is 0.320 e. The molecule has 2 heterocycles. The largest absolute Gasteiger partial charge is 0.496 e. The molecule has 1 aromatic heterocycles. The summed E-state index contributed by atoms with van der Waals surface area (Å²) in [4.78, 5) is 38.7. The van der Waals surface area contributed by atoms with Crippen LogP contribution in [0.1, 0.15) is 32.4 Å². The fourth-order valence-corrected chi connectivity index (χ4v) is 5.30. The summed E-state index contributed by atoms with van der Waals surface area (Å²) >= 11 is 0. The van der Waals surface area contributed by atoms with Crippen LogP contribution in [-0.4, -0.2) is 41.9 Å². The topological polar surface area (TPSA) is 119 Å². The first-order valence-corrected chi connectivity index (χ1v) is 11.9. The molecule has 1 aliphatic rings. The van der Waals surface area contributed by atoms with Gasteiger partial charge in [0.2, 0.25) is 5.43 Å². The monoisotopic (exact) mass is 504 g/mol. The molecule has 0 saturated carbocycles. The van der Waals surface area contributed by atoms with Gasteiger partial charge in [0.25, 0.3) is 0 Å². The number of rotatable bonds is 4. The third kappa shape index (κ3) is 3.77. The van der Waals surface area contributed by atoms with Crippen molar-refractivity contribution in [1.29, 1.82) is 0 Å². The van der Waals surface area contributed by atoms with E-state index < -0.39 is 29.7 Å². The number of methoxy groups -OCH3 is 1. The van der Waals surface area contributed by atoms with Gasteiger partial charge in [-0.15, -0.1) is 0 Å². The van der Waals surface area contributed by atoms with Crippen molar-refractivity contribution in [2.45, 2.75) is 38.6 Å². The fourth-order valence-electron chi connectivity index (χ4n) is 5.30. The van der Waals surface area contributed by atoms with E-state index in [0.717, 1.165) is 10.8 Å². The molecule has 0 spiro atoms. The summed E-state index contributed by atoms with van der Waals surface area (Å²) < 4.78 is 25.3. The highest BCUT2D eigenvalue weighted by Gasteiger charge is 2.50. The van der Waals surface area contributed by atoms with Crippen molar-refractivity contribution in [3.63, 3.8) is 0 Å².